The number of aryl methyl sites for hydroxylation is 1. The number of hydrogen-bond acceptors (Lipinski definition) is 4. The van der Waals surface area contributed by atoms with Crippen LogP contribution in [0, 0.1) is 6.92 Å². The van der Waals surface area contributed by atoms with E-state index in [1.54, 1.807) is 4.90 Å². The third kappa shape index (κ3) is 2.74. The van der Waals surface area contributed by atoms with Crippen LogP contribution in [0.15, 0.2) is 11.4 Å². The highest BCUT2D eigenvalue weighted by atomic mass is 32.1. The molecule has 1 N–H and O–H groups in total. The molecule has 0 aromatic carbocycles. The second-order valence-electron chi connectivity index (χ2n) is 5.30. The number of nitrogens with zero attached hydrogens (tertiary/aromatic N) is 1. The SMILES string of the molecule is Cc1ccsc1C(=O)N1CC(CO)OC(C)(C)C1. The molecule has 0 aliphatic carbocycles. The number of hydrogen-bond donors (Lipinski definition) is 1. The number of rotatable bonds is 2. The molecule has 0 saturated carbocycles. The Kier molecular flexibility index (Phi) is 3.75. The molecule has 5 heteroatoms. The molecule has 1 aliphatic rings. The average Bonchev–Trinajstić information content (AvgIpc) is 2.72. The summed E-state index contributed by atoms with van der Waals surface area (Å²) in [5.74, 6) is 0.0392. The molecule has 2 heterocycles. The lowest BCUT2D eigenvalue weighted by molar-refractivity contribution is -0.139. The lowest BCUT2D eigenvalue weighted by Gasteiger charge is -2.42. The molecule has 0 radical (unpaired) electrons. The van der Waals surface area contributed by atoms with Gasteiger partial charge in [0.05, 0.1) is 23.2 Å². The predicted molar refractivity (Wildman–Crippen MR) is 71.0 cm³/mol. The Balaban J connectivity index is 2.17. The van der Waals surface area contributed by atoms with Gasteiger partial charge in [0.1, 0.15) is 0 Å². The van der Waals surface area contributed by atoms with Crippen molar-refractivity contribution in [3.05, 3.63) is 21.9 Å². The Bertz CT molecular complexity index is 441. The van der Waals surface area contributed by atoms with Crippen LogP contribution in [0.5, 0.6) is 0 Å². The van der Waals surface area contributed by atoms with E-state index in [0.29, 0.717) is 13.1 Å². The topological polar surface area (TPSA) is 49.8 Å². The maximum Gasteiger partial charge on any atom is 0.264 e. The molecule has 1 unspecified atom stereocenters. The molecule has 100 valence electrons. The van der Waals surface area contributed by atoms with Gasteiger partial charge in [0.2, 0.25) is 0 Å². The van der Waals surface area contributed by atoms with E-state index in [9.17, 15) is 9.90 Å². The molecular weight excluding hydrogens is 250 g/mol. The van der Waals surface area contributed by atoms with Crippen LogP contribution in [0.3, 0.4) is 0 Å². The van der Waals surface area contributed by atoms with E-state index in [2.05, 4.69) is 0 Å². The van der Waals surface area contributed by atoms with Crippen LogP contribution in [-0.2, 0) is 4.74 Å². The maximum absolute atomic E-state index is 12.4. The molecule has 1 aliphatic heterocycles. The first kappa shape index (κ1) is 13.5. The average molecular weight is 269 g/mol. The molecule has 1 amide bonds. The highest BCUT2D eigenvalue weighted by molar-refractivity contribution is 7.12. The van der Waals surface area contributed by atoms with E-state index in [1.807, 2.05) is 32.2 Å². The van der Waals surface area contributed by atoms with Gasteiger partial charge in [0, 0.05) is 13.1 Å². The van der Waals surface area contributed by atoms with Gasteiger partial charge in [-0.2, -0.15) is 0 Å². The molecular formula is C13H19NO3S. The largest absolute Gasteiger partial charge is 0.394 e. The van der Waals surface area contributed by atoms with E-state index in [4.69, 9.17) is 4.74 Å². The maximum atomic E-state index is 12.4. The van der Waals surface area contributed by atoms with Crippen molar-refractivity contribution in [1.82, 2.24) is 4.90 Å². The van der Waals surface area contributed by atoms with Gasteiger partial charge in [0.25, 0.3) is 5.91 Å². The van der Waals surface area contributed by atoms with Gasteiger partial charge in [-0.3, -0.25) is 4.79 Å². The van der Waals surface area contributed by atoms with Crippen molar-refractivity contribution in [2.24, 2.45) is 0 Å². The van der Waals surface area contributed by atoms with Crippen molar-refractivity contribution in [3.63, 3.8) is 0 Å². The second-order valence-corrected chi connectivity index (χ2v) is 6.22. The van der Waals surface area contributed by atoms with Crippen LogP contribution < -0.4 is 0 Å². The molecule has 1 atom stereocenters. The zero-order valence-electron chi connectivity index (χ0n) is 11.0. The Hall–Kier alpha value is -0.910. The number of carbonyl (C=O) groups is 1. The summed E-state index contributed by atoms with van der Waals surface area (Å²) in [7, 11) is 0. The van der Waals surface area contributed by atoms with E-state index in [-0.39, 0.29) is 18.6 Å². The van der Waals surface area contributed by atoms with Gasteiger partial charge >= 0.3 is 0 Å². The number of amides is 1. The minimum atomic E-state index is -0.410. The van der Waals surface area contributed by atoms with E-state index < -0.39 is 5.60 Å². The Morgan fingerprint density at radius 2 is 2.39 bits per heavy atom. The summed E-state index contributed by atoms with van der Waals surface area (Å²) in [5.41, 5.74) is 0.599. The number of carbonyl (C=O) groups excluding carboxylic acids is 1. The molecule has 1 aromatic rings. The van der Waals surface area contributed by atoms with Crippen LogP contribution in [0.1, 0.15) is 29.1 Å². The van der Waals surface area contributed by atoms with Crippen molar-refractivity contribution >= 4 is 17.2 Å². The molecule has 1 saturated heterocycles. The molecule has 18 heavy (non-hydrogen) atoms. The fourth-order valence-electron chi connectivity index (χ4n) is 2.28. The van der Waals surface area contributed by atoms with Crippen LogP contribution in [0.4, 0.5) is 0 Å². The second kappa shape index (κ2) is 4.99. The van der Waals surface area contributed by atoms with E-state index in [0.717, 1.165) is 10.4 Å². The van der Waals surface area contributed by atoms with Crippen LogP contribution >= 0.6 is 11.3 Å². The van der Waals surface area contributed by atoms with Gasteiger partial charge in [-0.15, -0.1) is 11.3 Å². The first-order valence-corrected chi connectivity index (χ1v) is 6.93. The normalized spacial score (nSPS) is 23.1. The molecule has 1 fully saturated rings. The summed E-state index contributed by atoms with van der Waals surface area (Å²) in [6, 6.07) is 1.95. The lowest BCUT2D eigenvalue weighted by atomic mass is 10.0. The zero-order chi connectivity index (χ0) is 13.3. The van der Waals surface area contributed by atoms with E-state index >= 15 is 0 Å². The van der Waals surface area contributed by atoms with Gasteiger partial charge < -0.3 is 14.7 Å². The summed E-state index contributed by atoms with van der Waals surface area (Å²) in [6.45, 7) is 6.78. The number of aliphatic hydroxyl groups excluding tert-OH is 1. The van der Waals surface area contributed by atoms with Gasteiger partial charge in [-0.05, 0) is 37.8 Å². The molecule has 1 aromatic heterocycles. The summed E-state index contributed by atoms with van der Waals surface area (Å²) < 4.78 is 5.71. The molecule has 2 rings (SSSR count). The first-order valence-electron chi connectivity index (χ1n) is 6.05. The van der Waals surface area contributed by atoms with Gasteiger partial charge in [0.15, 0.2) is 0 Å². The van der Waals surface area contributed by atoms with Gasteiger partial charge in [-0.1, -0.05) is 0 Å². The molecule has 0 spiro atoms. The minimum Gasteiger partial charge on any atom is -0.394 e. The molecule has 4 nitrogen and oxygen atoms in total. The van der Waals surface area contributed by atoms with E-state index in [1.165, 1.54) is 11.3 Å². The molecule has 0 bridgehead atoms. The summed E-state index contributed by atoms with van der Waals surface area (Å²) >= 11 is 1.47. The third-order valence-electron chi connectivity index (χ3n) is 3.03. The zero-order valence-corrected chi connectivity index (χ0v) is 11.8. The Labute approximate surface area is 111 Å². The number of morpholine rings is 1. The lowest BCUT2D eigenvalue weighted by Crippen LogP contribution is -2.55. The minimum absolute atomic E-state index is 0.0392. The van der Waals surface area contributed by atoms with Crippen molar-refractivity contribution in [3.8, 4) is 0 Å². The van der Waals surface area contributed by atoms with Crippen molar-refractivity contribution < 1.29 is 14.6 Å². The summed E-state index contributed by atoms with van der Waals surface area (Å²) in [6.07, 6.45) is -0.294. The van der Waals surface area contributed by atoms with Crippen molar-refractivity contribution in [2.45, 2.75) is 32.5 Å². The summed E-state index contributed by atoms with van der Waals surface area (Å²) in [4.78, 5) is 15.0. The summed E-state index contributed by atoms with van der Waals surface area (Å²) in [5, 5.41) is 11.2. The Morgan fingerprint density at radius 3 is 2.94 bits per heavy atom. The first-order chi connectivity index (χ1) is 8.43. The number of aliphatic hydroxyl groups is 1. The number of ether oxygens (including phenoxy) is 1. The standard InChI is InChI=1S/C13H19NO3S/c1-9-4-5-18-11(9)12(16)14-6-10(7-15)17-13(2,3)8-14/h4-5,10,15H,6-8H2,1-3H3. The van der Waals surface area contributed by atoms with Crippen molar-refractivity contribution in [1.29, 1.82) is 0 Å². The van der Waals surface area contributed by atoms with Crippen molar-refractivity contribution in [2.75, 3.05) is 19.7 Å². The monoisotopic (exact) mass is 269 g/mol. The highest BCUT2D eigenvalue weighted by Crippen LogP contribution is 2.25. The smallest absolute Gasteiger partial charge is 0.264 e. The quantitative estimate of drug-likeness (QED) is 0.888. The fraction of sp³-hybridized carbons (Fsp3) is 0.615. The Morgan fingerprint density at radius 1 is 1.67 bits per heavy atom. The predicted octanol–water partition coefficient (Wildman–Crippen LogP) is 1.67. The highest BCUT2D eigenvalue weighted by Gasteiger charge is 2.36. The third-order valence-corrected chi connectivity index (χ3v) is 4.03. The fourth-order valence-corrected chi connectivity index (χ4v) is 3.17. The van der Waals surface area contributed by atoms with Gasteiger partial charge in [-0.25, -0.2) is 0 Å². The number of thiophene rings is 1. The van der Waals surface area contributed by atoms with Crippen LogP contribution in [0.25, 0.3) is 0 Å². The van der Waals surface area contributed by atoms with Crippen LogP contribution in [0.2, 0.25) is 0 Å². The van der Waals surface area contributed by atoms with Crippen LogP contribution in [-0.4, -0.2) is 47.3 Å².